The molecule has 2 aliphatic heterocycles. The van der Waals surface area contributed by atoms with Gasteiger partial charge >= 0.3 is 0 Å². The molecule has 7 nitrogen and oxygen atoms in total. The van der Waals surface area contributed by atoms with Crippen LogP contribution >= 0.6 is 0 Å². The smallest absolute Gasteiger partial charge is 0.243 e. The van der Waals surface area contributed by atoms with Crippen LogP contribution in [0.5, 0.6) is 0 Å². The molecular weight excluding hydrogens is 402 g/mol. The zero-order valence-electron chi connectivity index (χ0n) is 17.1. The Bertz CT molecular complexity index is 1000. The number of morpholine rings is 1. The van der Waals surface area contributed by atoms with Crippen molar-refractivity contribution in [3.05, 3.63) is 59.7 Å². The van der Waals surface area contributed by atoms with Crippen molar-refractivity contribution in [2.75, 3.05) is 37.7 Å². The molecule has 0 radical (unpaired) electrons. The highest BCUT2D eigenvalue weighted by atomic mass is 32.2. The van der Waals surface area contributed by atoms with Gasteiger partial charge in [-0.05, 0) is 42.7 Å². The molecule has 0 aromatic heterocycles. The van der Waals surface area contributed by atoms with Gasteiger partial charge in [0.1, 0.15) is 0 Å². The van der Waals surface area contributed by atoms with E-state index in [1.165, 1.54) is 9.87 Å². The van der Waals surface area contributed by atoms with Crippen LogP contribution in [-0.2, 0) is 32.5 Å². The second-order valence-electron chi connectivity index (χ2n) is 7.75. The molecule has 1 unspecified atom stereocenters. The van der Waals surface area contributed by atoms with Gasteiger partial charge in [0.15, 0.2) is 0 Å². The number of ether oxygens (including phenoxy) is 1. The topological polar surface area (TPSA) is 79.0 Å². The Balaban J connectivity index is 1.34. The number of hydrogen-bond acceptors (Lipinski definition) is 5. The summed E-state index contributed by atoms with van der Waals surface area (Å²) in [4.78, 5) is 14.9. The molecule has 0 bridgehead atoms. The van der Waals surface area contributed by atoms with Gasteiger partial charge < -0.3 is 15.0 Å². The molecule has 1 fully saturated rings. The Labute approximate surface area is 177 Å². The Hall–Kier alpha value is -2.42. The predicted molar refractivity (Wildman–Crippen MR) is 115 cm³/mol. The maximum atomic E-state index is 12.7. The third-order valence-electron chi connectivity index (χ3n) is 5.68. The molecule has 2 aliphatic rings. The van der Waals surface area contributed by atoms with E-state index in [0.717, 1.165) is 17.7 Å². The zero-order chi connectivity index (χ0) is 21.1. The van der Waals surface area contributed by atoms with E-state index in [-0.39, 0.29) is 16.8 Å². The summed E-state index contributed by atoms with van der Waals surface area (Å²) in [6, 6.07) is 15.2. The minimum Gasteiger partial charge on any atom is -0.379 e. The SMILES string of the molecule is CC1Cc2ccccc2N1CC(=O)NCc1ccc(S(=O)(=O)N2CCOCC2)cc1. The van der Waals surface area contributed by atoms with Gasteiger partial charge in [0, 0.05) is 31.4 Å². The van der Waals surface area contributed by atoms with Crippen LogP contribution in [0.3, 0.4) is 0 Å². The molecule has 0 aliphatic carbocycles. The molecule has 1 atom stereocenters. The van der Waals surface area contributed by atoms with E-state index in [1.807, 2.05) is 12.1 Å². The summed E-state index contributed by atoms with van der Waals surface area (Å²) in [5.74, 6) is -0.0523. The van der Waals surface area contributed by atoms with Crippen molar-refractivity contribution in [3.8, 4) is 0 Å². The standard InChI is InChI=1S/C22H27N3O4S/c1-17-14-19-4-2-3-5-21(19)25(17)16-22(26)23-15-18-6-8-20(9-7-18)30(27,28)24-10-12-29-13-11-24/h2-9,17H,10-16H2,1H3,(H,23,26). The summed E-state index contributed by atoms with van der Waals surface area (Å²) in [6.45, 7) is 4.38. The van der Waals surface area contributed by atoms with E-state index in [0.29, 0.717) is 39.4 Å². The van der Waals surface area contributed by atoms with Gasteiger partial charge in [-0.15, -0.1) is 0 Å². The van der Waals surface area contributed by atoms with Crippen molar-refractivity contribution in [2.45, 2.75) is 30.8 Å². The molecule has 8 heteroatoms. The van der Waals surface area contributed by atoms with Crippen LogP contribution in [0, 0.1) is 0 Å². The molecule has 1 saturated heterocycles. The monoisotopic (exact) mass is 429 g/mol. The summed E-state index contributed by atoms with van der Waals surface area (Å²) in [7, 11) is -3.50. The normalized spacial score (nSPS) is 19.5. The number of nitrogens with zero attached hydrogens (tertiary/aromatic N) is 2. The Morgan fingerprint density at radius 3 is 2.53 bits per heavy atom. The zero-order valence-corrected chi connectivity index (χ0v) is 17.9. The number of rotatable bonds is 6. The maximum absolute atomic E-state index is 12.7. The average Bonchev–Trinajstić information content (AvgIpc) is 3.08. The van der Waals surface area contributed by atoms with Gasteiger partial charge in [-0.1, -0.05) is 30.3 Å². The number of hydrogen-bond donors (Lipinski definition) is 1. The second-order valence-corrected chi connectivity index (χ2v) is 9.68. The first kappa shape index (κ1) is 20.8. The Morgan fingerprint density at radius 2 is 1.80 bits per heavy atom. The molecule has 2 aromatic rings. The number of fused-ring (bicyclic) bond motifs is 1. The van der Waals surface area contributed by atoms with E-state index in [9.17, 15) is 13.2 Å². The molecule has 2 heterocycles. The second kappa shape index (κ2) is 8.75. The van der Waals surface area contributed by atoms with Crippen LogP contribution in [0.25, 0.3) is 0 Å². The van der Waals surface area contributed by atoms with Gasteiger partial charge in [0.2, 0.25) is 15.9 Å². The van der Waals surface area contributed by atoms with E-state index in [2.05, 4.69) is 29.3 Å². The third kappa shape index (κ3) is 4.35. The molecule has 160 valence electrons. The highest BCUT2D eigenvalue weighted by Gasteiger charge is 2.27. The lowest BCUT2D eigenvalue weighted by atomic mass is 10.1. The van der Waals surface area contributed by atoms with Crippen LogP contribution in [0.1, 0.15) is 18.1 Å². The fourth-order valence-corrected chi connectivity index (χ4v) is 5.41. The highest BCUT2D eigenvalue weighted by molar-refractivity contribution is 7.89. The Morgan fingerprint density at radius 1 is 1.10 bits per heavy atom. The number of benzene rings is 2. The third-order valence-corrected chi connectivity index (χ3v) is 7.60. The van der Waals surface area contributed by atoms with Gasteiger partial charge in [-0.25, -0.2) is 8.42 Å². The summed E-state index contributed by atoms with van der Waals surface area (Å²) in [6.07, 6.45) is 0.947. The molecular formula is C22H27N3O4S. The lowest BCUT2D eigenvalue weighted by molar-refractivity contribution is -0.120. The molecule has 1 amide bonds. The number of sulfonamides is 1. The summed E-state index contributed by atoms with van der Waals surface area (Å²) < 4.78 is 32.0. The minimum atomic E-state index is -3.50. The lowest BCUT2D eigenvalue weighted by Gasteiger charge is -2.26. The van der Waals surface area contributed by atoms with Crippen LogP contribution in [0.2, 0.25) is 0 Å². The van der Waals surface area contributed by atoms with E-state index >= 15 is 0 Å². The van der Waals surface area contributed by atoms with Crippen molar-refractivity contribution in [2.24, 2.45) is 0 Å². The van der Waals surface area contributed by atoms with Crippen LogP contribution in [0.4, 0.5) is 5.69 Å². The number of carbonyl (C=O) groups excluding carboxylic acids is 1. The van der Waals surface area contributed by atoms with Crippen molar-refractivity contribution in [3.63, 3.8) is 0 Å². The number of anilines is 1. The van der Waals surface area contributed by atoms with Crippen molar-refractivity contribution >= 4 is 21.6 Å². The fourth-order valence-electron chi connectivity index (χ4n) is 4.00. The first-order valence-corrected chi connectivity index (χ1v) is 11.7. The highest BCUT2D eigenvalue weighted by Crippen LogP contribution is 2.31. The maximum Gasteiger partial charge on any atom is 0.243 e. The number of para-hydroxylation sites is 1. The quantitative estimate of drug-likeness (QED) is 0.757. The Kier molecular flexibility index (Phi) is 6.08. The largest absolute Gasteiger partial charge is 0.379 e. The van der Waals surface area contributed by atoms with Crippen LogP contribution in [0.15, 0.2) is 53.4 Å². The van der Waals surface area contributed by atoms with E-state index in [1.54, 1.807) is 24.3 Å². The van der Waals surface area contributed by atoms with Gasteiger partial charge in [-0.2, -0.15) is 4.31 Å². The van der Waals surface area contributed by atoms with Crippen LogP contribution in [-0.4, -0.2) is 57.5 Å². The van der Waals surface area contributed by atoms with Gasteiger partial charge in [-0.3, -0.25) is 4.79 Å². The van der Waals surface area contributed by atoms with Crippen molar-refractivity contribution in [1.29, 1.82) is 0 Å². The predicted octanol–water partition coefficient (Wildman–Crippen LogP) is 1.77. The number of nitrogens with one attached hydrogen (secondary N) is 1. The molecule has 0 saturated carbocycles. The van der Waals surface area contributed by atoms with Crippen molar-refractivity contribution < 1.29 is 17.9 Å². The number of amides is 1. The van der Waals surface area contributed by atoms with E-state index in [4.69, 9.17) is 4.74 Å². The summed E-state index contributed by atoms with van der Waals surface area (Å²) in [5, 5.41) is 2.94. The first-order chi connectivity index (χ1) is 14.4. The van der Waals surface area contributed by atoms with Gasteiger partial charge in [0.05, 0.1) is 24.7 Å². The molecule has 1 N–H and O–H groups in total. The van der Waals surface area contributed by atoms with E-state index < -0.39 is 10.0 Å². The fraction of sp³-hybridized carbons (Fsp3) is 0.409. The summed E-state index contributed by atoms with van der Waals surface area (Å²) >= 11 is 0. The summed E-state index contributed by atoms with van der Waals surface area (Å²) in [5.41, 5.74) is 3.26. The lowest BCUT2D eigenvalue weighted by Crippen LogP contribution is -2.40. The van der Waals surface area contributed by atoms with Gasteiger partial charge in [0.25, 0.3) is 0 Å². The number of carbonyl (C=O) groups is 1. The van der Waals surface area contributed by atoms with Crippen molar-refractivity contribution in [1.82, 2.24) is 9.62 Å². The first-order valence-electron chi connectivity index (χ1n) is 10.2. The molecule has 4 rings (SSSR count). The molecule has 0 spiro atoms. The van der Waals surface area contributed by atoms with Crippen LogP contribution < -0.4 is 10.2 Å². The molecule has 2 aromatic carbocycles. The minimum absolute atomic E-state index is 0.0523. The molecule has 30 heavy (non-hydrogen) atoms. The average molecular weight is 430 g/mol.